The number of nitrogens with one attached hydrogen (secondary N) is 1. The minimum Gasteiger partial charge on any atom is -0.343 e. The van der Waals surface area contributed by atoms with Crippen LogP contribution in [0.5, 0.6) is 0 Å². The van der Waals surface area contributed by atoms with Crippen LogP contribution in [0.4, 0.5) is 0 Å². The number of nitro groups is 1. The molecule has 1 fully saturated rings. The molecule has 3 rings (SSSR count). The highest BCUT2D eigenvalue weighted by atomic mass is 32.2. The van der Waals surface area contributed by atoms with E-state index in [1.54, 1.807) is 53.4 Å². The number of benzene rings is 2. The molecule has 0 aromatic heterocycles. The summed E-state index contributed by atoms with van der Waals surface area (Å²) in [6, 6.07) is 12.7. The van der Waals surface area contributed by atoms with E-state index < -0.39 is 26.1 Å². The fourth-order valence-corrected chi connectivity index (χ4v) is 8.95. The Morgan fingerprint density at radius 2 is 1.26 bits per heavy atom. The second-order valence-electron chi connectivity index (χ2n) is 13.7. The van der Waals surface area contributed by atoms with Gasteiger partial charge in [-0.1, -0.05) is 80.3 Å². The number of aryl methyl sites for hydroxylation is 2. The highest BCUT2D eigenvalue weighted by Gasteiger charge is 2.25. The first kappa shape index (κ1) is 41.5. The van der Waals surface area contributed by atoms with E-state index in [-0.39, 0.29) is 40.3 Å². The lowest BCUT2D eigenvalue weighted by Gasteiger charge is -2.26. The average Bonchev–Trinajstić information content (AvgIpc) is 3.08. The van der Waals surface area contributed by atoms with Crippen LogP contribution < -0.4 is 4.72 Å². The van der Waals surface area contributed by atoms with Gasteiger partial charge in [0.15, 0.2) is 0 Å². The van der Waals surface area contributed by atoms with Crippen molar-refractivity contribution in [2.75, 3.05) is 32.7 Å². The van der Waals surface area contributed by atoms with E-state index in [1.165, 1.54) is 4.31 Å². The van der Waals surface area contributed by atoms with Crippen molar-refractivity contribution in [3.05, 3.63) is 69.8 Å². The van der Waals surface area contributed by atoms with E-state index in [0.717, 1.165) is 68.9 Å². The summed E-state index contributed by atoms with van der Waals surface area (Å²) in [5, 5.41) is 11.7. The minimum atomic E-state index is -3.85. The lowest BCUT2D eigenvalue weighted by atomic mass is 10.0. The average molecular weight is 735 g/mol. The van der Waals surface area contributed by atoms with Crippen molar-refractivity contribution in [2.45, 2.75) is 132 Å². The van der Waals surface area contributed by atoms with Gasteiger partial charge in [0, 0.05) is 56.9 Å². The van der Waals surface area contributed by atoms with Crippen molar-refractivity contribution in [1.29, 1.82) is 0 Å². The van der Waals surface area contributed by atoms with Crippen LogP contribution >= 0.6 is 0 Å². The summed E-state index contributed by atoms with van der Waals surface area (Å²) in [6.07, 6.45) is 12.5. The van der Waals surface area contributed by atoms with E-state index in [1.807, 2.05) is 13.8 Å². The predicted molar refractivity (Wildman–Crippen MR) is 198 cm³/mol. The Labute approximate surface area is 300 Å². The summed E-state index contributed by atoms with van der Waals surface area (Å²) in [4.78, 5) is 27.1. The molecule has 280 valence electrons. The molecule has 0 radical (unpaired) electrons. The molecule has 1 aliphatic rings. The molecule has 1 aliphatic heterocycles. The molecule has 1 amide bonds. The number of rotatable bonds is 14. The predicted octanol–water partition coefficient (Wildman–Crippen LogP) is 7.00. The van der Waals surface area contributed by atoms with Crippen LogP contribution in [0.15, 0.2) is 58.3 Å². The summed E-state index contributed by atoms with van der Waals surface area (Å²) in [5.41, 5.74) is 1.90. The summed E-state index contributed by atoms with van der Waals surface area (Å²) in [6.45, 7) is 5.10. The van der Waals surface area contributed by atoms with Gasteiger partial charge in [0.25, 0.3) is 0 Å². The van der Waals surface area contributed by atoms with Crippen molar-refractivity contribution < 1.29 is 26.6 Å². The second kappa shape index (κ2) is 21.5. The van der Waals surface area contributed by atoms with E-state index in [0.29, 0.717) is 58.0 Å². The molecule has 1 saturated heterocycles. The highest BCUT2D eigenvalue weighted by Crippen LogP contribution is 2.20. The zero-order valence-electron chi connectivity index (χ0n) is 30.1. The fourth-order valence-electron chi connectivity index (χ4n) is 6.36. The number of carbonyl (C=O) groups is 1. The molecule has 1 N–H and O–H groups in total. The molecule has 0 bridgehead atoms. The quantitative estimate of drug-likeness (QED) is 0.125. The van der Waals surface area contributed by atoms with Crippen molar-refractivity contribution in [1.82, 2.24) is 13.9 Å². The van der Waals surface area contributed by atoms with Gasteiger partial charge in [-0.15, -0.1) is 0 Å². The molecule has 13 heteroatoms. The maximum absolute atomic E-state index is 13.8. The molecule has 1 unspecified atom stereocenters. The Morgan fingerprint density at radius 3 is 1.86 bits per heavy atom. The number of hydrogen-bond donors (Lipinski definition) is 1. The summed E-state index contributed by atoms with van der Waals surface area (Å²) in [5.74, 6) is 0.0146. The Hall–Kier alpha value is -2.87. The number of hydrogen-bond acceptors (Lipinski definition) is 7. The van der Waals surface area contributed by atoms with Gasteiger partial charge in [0.05, 0.1) is 9.79 Å². The molecular formula is C37H58N4O7S2. The number of nitrogens with zero attached hydrogens (tertiary/aromatic N) is 3. The van der Waals surface area contributed by atoms with Gasteiger partial charge >= 0.3 is 0 Å². The normalized spacial score (nSPS) is 18.2. The van der Waals surface area contributed by atoms with Crippen LogP contribution in [-0.2, 0) is 24.8 Å². The van der Waals surface area contributed by atoms with Gasteiger partial charge in [-0.25, -0.2) is 21.6 Å². The first-order valence-corrected chi connectivity index (χ1v) is 21.4. The molecule has 11 nitrogen and oxygen atoms in total. The monoisotopic (exact) mass is 734 g/mol. The van der Waals surface area contributed by atoms with Crippen LogP contribution in [0.1, 0.15) is 114 Å². The number of unbranched alkanes of at least 4 members (excludes halogenated alkanes) is 1. The molecule has 0 aliphatic carbocycles. The summed E-state index contributed by atoms with van der Waals surface area (Å²) < 4.78 is 57.0. The third kappa shape index (κ3) is 14.4. The van der Waals surface area contributed by atoms with Crippen LogP contribution in [0.25, 0.3) is 0 Å². The Morgan fingerprint density at radius 1 is 0.740 bits per heavy atom. The van der Waals surface area contributed by atoms with Gasteiger partial charge in [0.2, 0.25) is 32.0 Å². The smallest absolute Gasteiger partial charge is 0.243 e. The van der Waals surface area contributed by atoms with E-state index in [2.05, 4.69) is 4.72 Å². The van der Waals surface area contributed by atoms with Gasteiger partial charge in [-0.2, -0.15) is 4.31 Å². The van der Waals surface area contributed by atoms with E-state index in [4.69, 9.17) is 0 Å². The lowest BCUT2D eigenvalue weighted by Crippen LogP contribution is -2.38. The van der Waals surface area contributed by atoms with Crippen LogP contribution in [0.2, 0.25) is 0 Å². The Balaban J connectivity index is 1.64. The minimum absolute atomic E-state index is 0.0146. The van der Waals surface area contributed by atoms with Crippen molar-refractivity contribution in [3.63, 3.8) is 0 Å². The van der Waals surface area contributed by atoms with Gasteiger partial charge in [0.1, 0.15) is 0 Å². The zero-order chi connectivity index (χ0) is 36.4. The second-order valence-corrected chi connectivity index (χ2v) is 17.4. The van der Waals surface area contributed by atoms with Gasteiger partial charge in [-0.05, 0) is 76.6 Å². The molecule has 0 spiro atoms. The SMILES string of the molecule is Cc1ccc(S(=O)(=O)NCCCCN(CCCN2CCCC([N+](=O)[O-])CCCCCCCCCCCC2=O)S(=O)(=O)c2ccc(C)cc2)cc1. The molecule has 0 saturated carbocycles. The van der Waals surface area contributed by atoms with E-state index in [9.17, 15) is 31.7 Å². The van der Waals surface area contributed by atoms with Crippen molar-refractivity contribution in [3.8, 4) is 0 Å². The van der Waals surface area contributed by atoms with Gasteiger partial charge in [-0.3, -0.25) is 14.9 Å². The number of carbonyl (C=O) groups excluding carboxylic acids is 1. The fraction of sp³-hybridized carbons (Fsp3) is 0.649. The molecule has 2 aromatic rings. The molecule has 1 heterocycles. The maximum Gasteiger partial charge on any atom is 0.243 e. The molecule has 2 aromatic carbocycles. The summed E-state index contributed by atoms with van der Waals surface area (Å²) in [7, 11) is -7.52. The van der Waals surface area contributed by atoms with Crippen molar-refractivity contribution in [2.24, 2.45) is 0 Å². The standard InChI is InChI=1S/C37H58N4O7S2/c1-32-19-23-35(24-20-32)49(45,46)38-27-12-13-30-40(50(47,48)36-25-21-33(2)22-26-36)31-15-29-39-28-14-17-34(41(43)44)16-10-8-6-4-3-5-7-9-11-18-37(39)42/h19-26,34,38H,3-18,27-31H2,1-2H3. The van der Waals surface area contributed by atoms with Crippen LogP contribution in [-0.4, -0.2) is 75.6 Å². The molecule has 50 heavy (non-hydrogen) atoms. The van der Waals surface area contributed by atoms with Crippen LogP contribution in [0, 0.1) is 24.0 Å². The molecular weight excluding hydrogens is 677 g/mol. The highest BCUT2D eigenvalue weighted by molar-refractivity contribution is 7.89. The van der Waals surface area contributed by atoms with Crippen LogP contribution in [0.3, 0.4) is 0 Å². The first-order chi connectivity index (χ1) is 23.9. The molecule has 1 atom stereocenters. The topological polar surface area (TPSA) is 147 Å². The third-order valence-corrected chi connectivity index (χ3v) is 12.9. The largest absolute Gasteiger partial charge is 0.343 e. The number of amides is 1. The first-order valence-electron chi connectivity index (χ1n) is 18.4. The lowest BCUT2D eigenvalue weighted by molar-refractivity contribution is -0.524. The zero-order valence-corrected chi connectivity index (χ0v) is 31.7. The van der Waals surface area contributed by atoms with Crippen molar-refractivity contribution >= 4 is 26.0 Å². The van der Waals surface area contributed by atoms with E-state index >= 15 is 0 Å². The Kier molecular flexibility index (Phi) is 17.9. The van der Waals surface area contributed by atoms with Gasteiger partial charge < -0.3 is 4.90 Å². The maximum atomic E-state index is 13.8. The number of sulfonamides is 2. The summed E-state index contributed by atoms with van der Waals surface area (Å²) >= 11 is 0. The Bertz CT molecular complexity index is 1530. The third-order valence-electron chi connectivity index (χ3n) is 9.50.